The Hall–Kier alpha value is -0.860. The molecule has 0 spiro atoms. The topological polar surface area (TPSA) is 21.3 Å². The molecule has 0 aromatic heterocycles. The van der Waals surface area contributed by atoms with Gasteiger partial charge in [-0.25, -0.2) is 0 Å². The number of hydrogen-bond donors (Lipinski definition) is 1. The van der Waals surface area contributed by atoms with E-state index in [1.807, 2.05) is 0 Å². The van der Waals surface area contributed by atoms with E-state index in [-0.39, 0.29) is 0 Å². The van der Waals surface area contributed by atoms with Crippen LogP contribution in [0.15, 0.2) is 24.3 Å². The summed E-state index contributed by atoms with van der Waals surface area (Å²) in [5.41, 5.74) is 3.15. The third-order valence-electron chi connectivity index (χ3n) is 5.04. The molecule has 2 heteroatoms. The first-order valence-electron chi connectivity index (χ1n) is 8.28. The lowest BCUT2D eigenvalue weighted by atomic mass is 9.83. The first kappa shape index (κ1) is 14.1. The molecule has 110 valence electrons. The lowest BCUT2D eigenvalue weighted by Crippen LogP contribution is -2.32. The minimum Gasteiger partial charge on any atom is -0.378 e. The van der Waals surface area contributed by atoms with Crippen molar-refractivity contribution in [1.29, 1.82) is 0 Å². The average molecular weight is 273 g/mol. The van der Waals surface area contributed by atoms with Crippen molar-refractivity contribution in [3.63, 3.8) is 0 Å². The number of fused-ring (bicyclic) bond motifs is 1. The highest BCUT2D eigenvalue weighted by atomic mass is 16.5. The summed E-state index contributed by atoms with van der Waals surface area (Å²) >= 11 is 0. The molecule has 2 nitrogen and oxygen atoms in total. The Morgan fingerprint density at radius 3 is 3.00 bits per heavy atom. The average Bonchev–Trinajstić information content (AvgIpc) is 2.95. The van der Waals surface area contributed by atoms with Gasteiger partial charge in [0.2, 0.25) is 0 Å². The fraction of sp³-hybridized carbons (Fsp3) is 0.667. The number of ether oxygens (including phenoxy) is 1. The lowest BCUT2D eigenvalue weighted by Gasteiger charge is -2.26. The predicted octanol–water partition coefficient (Wildman–Crippen LogP) is 3.51. The standard InChI is InChI=1S/C18H27NO/c1-2-18-16(10-11-20-18)13-19-12-15-8-5-7-14-6-3-4-9-17(14)15/h3-4,6,9,15-16,18-19H,2,5,7-8,10-13H2,1H3. The Balaban J connectivity index is 1.52. The number of benzene rings is 1. The van der Waals surface area contributed by atoms with Crippen LogP contribution in [0.1, 0.15) is 49.7 Å². The summed E-state index contributed by atoms with van der Waals surface area (Å²) in [6.45, 7) is 5.44. The summed E-state index contributed by atoms with van der Waals surface area (Å²) in [4.78, 5) is 0. The number of aryl methyl sites for hydroxylation is 1. The zero-order chi connectivity index (χ0) is 13.8. The van der Waals surface area contributed by atoms with Gasteiger partial charge in [0, 0.05) is 19.7 Å². The van der Waals surface area contributed by atoms with Crippen molar-refractivity contribution < 1.29 is 4.74 Å². The molecule has 1 aromatic rings. The smallest absolute Gasteiger partial charge is 0.0613 e. The van der Waals surface area contributed by atoms with Crippen LogP contribution in [0.2, 0.25) is 0 Å². The maximum absolute atomic E-state index is 5.77. The summed E-state index contributed by atoms with van der Waals surface area (Å²) in [5, 5.41) is 3.72. The van der Waals surface area contributed by atoms with E-state index in [4.69, 9.17) is 4.74 Å². The molecule has 0 saturated carbocycles. The predicted molar refractivity (Wildman–Crippen MR) is 83.1 cm³/mol. The fourth-order valence-electron chi connectivity index (χ4n) is 3.89. The molecule has 1 aliphatic carbocycles. The van der Waals surface area contributed by atoms with Gasteiger partial charge >= 0.3 is 0 Å². The van der Waals surface area contributed by atoms with Crippen LogP contribution < -0.4 is 5.32 Å². The molecular weight excluding hydrogens is 246 g/mol. The van der Waals surface area contributed by atoms with Gasteiger partial charge in [0.05, 0.1) is 6.10 Å². The van der Waals surface area contributed by atoms with Gasteiger partial charge in [-0.05, 0) is 55.1 Å². The van der Waals surface area contributed by atoms with Crippen molar-refractivity contribution in [2.24, 2.45) is 5.92 Å². The van der Waals surface area contributed by atoms with E-state index >= 15 is 0 Å². The monoisotopic (exact) mass is 273 g/mol. The fourth-order valence-corrected chi connectivity index (χ4v) is 3.89. The van der Waals surface area contributed by atoms with E-state index in [0.29, 0.717) is 12.0 Å². The first-order chi connectivity index (χ1) is 9.88. The Morgan fingerprint density at radius 2 is 2.10 bits per heavy atom. The van der Waals surface area contributed by atoms with Gasteiger partial charge in [-0.3, -0.25) is 0 Å². The molecule has 1 aliphatic heterocycles. The Labute approximate surface area is 122 Å². The van der Waals surface area contributed by atoms with Crippen LogP contribution >= 0.6 is 0 Å². The maximum Gasteiger partial charge on any atom is 0.0613 e. The maximum atomic E-state index is 5.77. The molecule has 1 fully saturated rings. The van der Waals surface area contributed by atoms with E-state index in [0.717, 1.165) is 32.0 Å². The lowest BCUT2D eigenvalue weighted by molar-refractivity contribution is 0.0872. The zero-order valence-corrected chi connectivity index (χ0v) is 12.6. The Bertz CT molecular complexity index is 431. The van der Waals surface area contributed by atoms with E-state index in [2.05, 4.69) is 36.5 Å². The molecule has 1 aromatic carbocycles. The SMILES string of the molecule is CCC1OCCC1CNCC1CCCc2ccccc21. The molecule has 20 heavy (non-hydrogen) atoms. The van der Waals surface area contributed by atoms with E-state index in [1.165, 1.54) is 25.7 Å². The third kappa shape index (κ3) is 3.07. The van der Waals surface area contributed by atoms with Gasteiger partial charge < -0.3 is 10.1 Å². The van der Waals surface area contributed by atoms with Crippen molar-refractivity contribution >= 4 is 0 Å². The molecule has 1 heterocycles. The van der Waals surface area contributed by atoms with Gasteiger partial charge in [0.25, 0.3) is 0 Å². The van der Waals surface area contributed by atoms with Gasteiger partial charge in [-0.1, -0.05) is 31.2 Å². The molecule has 3 unspecified atom stereocenters. The van der Waals surface area contributed by atoms with Crippen LogP contribution in [0.5, 0.6) is 0 Å². The first-order valence-corrected chi connectivity index (χ1v) is 8.28. The second kappa shape index (κ2) is 6.73. The number of nitrogens with one attached hydrogen (secondary N) is 1. The van der Waals surface area contributed by atoms with Gasteiger partial charge in [-0.2, -0.15) is 0 Å². The molecule has 0 bridgehead atoms. The molecule has 2 aliphatic rings. The highest BCUT2D eigenvalue weighted by Crippen LogP contribution is 2.31. The highest BCUT2D eigenvalue weighted by molar-refractivity contribution is 5.32. The Morgan fingerprint density at radius 1 is 1.20 bits per heavy atom. The molecule has 3 rings (SSSR count). The summed E-state index contributed by atoms with van der Waals surface area (Å²) in [6, 6.07) is 9.00. The van der Waals surface area contributed by atoms with Gasteiger partial charge in [0.15, 0.2) is 0 Å². The minimum atomic E-state index is 0.487. The summed E-state index contributed by atoms with van der Waals surface area (Å²) in [7, 11) is 0. The number of hydrogen-bond acceptors (Lipinski definition) is 2. The van der Waals surface area contributed by atoms with Gasteiger partial charge in [0.1, 0.15) is 0 Å². The van der Waals surface area contributed by atoms with Gasteiger partial charge in [-0.15, -0.1) is 0 Å². The van der Waals surface area contributed by atoms with Crippen LogP contribution in [-0.4, -0.2) is 25.8 Å². The molecule has 1 saturated heterocycles. The second-order valence-corrected chi connectivity index (χ2v) is 6.31. The minimum absolute atomic E-state index is 0.487. The van der Waals surface area contributed by atoms with Crippen molar-refractivity contribution in [2.75, 3.05) is 19.7 Å². The quantitative estimate of drug-likeness (QED) is 0.886. The molecule has 1 N–H and O–H groups in total. The van der Waals surface area contributed by atoms with Crippen LogP contribution in [0, 0.1) is 5.92 Å². The highest BCUT2D eigenvalue weighted by Gasteiger charge is 2.26. The number of rotatable bonds is 5. The zero-order valence-electron chi connectivity index (χ0n) is 12.6. The molecule has 0 amide bonds. The van der Waals surface area contributed by atoms with Crippen LogP contribution in [-0.2, 0) is 11.2 Å². The summed E-state index contributed by atoms with van der Waals surface area (Å²) in [5.74, 6) is 1.43. The molecular formula is C18H27NO. The summed E-state index contributed by atoms with van der Waals surface area (Å²) < 4.78 is 5.77. The Kier molecular flexibility index (Phi) is 4.74. The molecule has 0 radical (unpaired) electrons. The van der Waals surface area contributed by atoms with E-state index in [9.17, 15) is 0 Å². The van der Waals surface area contributed by atoms with Crippen molar-refractivity contribution in [2.45, 2.75) is 51.0 Å². The van der Waals surface area contributed by atoms with Crippen LogP contribution in [0.25, 0.3) is 0 Å². The van der Waals surface area contributed by atoms with Crippen molar-refractivity contribution in [3.8, 4) is 0 Å². The third-order valence-corrected chi connectivity index (χ3v) is 5.04. The van der Waals surface area contributed by atoms with Crippen molar-refractivity contribution in [3.05, 3.63) is 35.4 Å². The van der Waals surface area contributed by atoms with Crippen LogP contribution in [0.4, 0.5) is 0 Å². The van der Waals surface area contributed by atoms with E-state index in [1.54, 1.807) is 11.1 Å². The normalized spacial score (nSPS) is 29.4. The second-order valence-electron chi connectivity index (χ2n) is 6.31. The van der Waals surface area contributed by atoms with Crippen LogP contribution in [0.3, 0.4) is 0 Å². The summed E-state index contributed by atoms with van der Waals surface area (Å²) in [6.07, 6.45) is 6.81. The largest absolute Gasteiger partial charge is 0.378 e. The van der Waals surface area contributed by atoms with E-state index < -0.39 is 0 Å². The molecule has 3 atom stereocenters. The van der Waals surface area contributed by atoms with Crippen molar-refractivity contribution in [1.82, 2.24) is 5.32 Å².